The summed E-state index contributed by atoms with van der Waals surface area (Å²) in [5, 5.41) is 12.5. The molecule has 0 spiro atoms. The van der Waals surface area contributed by atoms with E-state index in [-0.39, 0.29) is 6.09 Å². The van der Waals surface area contributed by atoms with Crippen LogP contribution in [0.3, 0.4) is 0 Å². The van der Waals surface area contributed by atoms with E-state index < -0.39 is 5.60 Å². The summed E-state index contributed by atoms with van der Waals surface area (Å²) in [7, 11) is 1.90. The first kappa shape index (κ1) is 28.9. The zero-order chi connectivity index (χ0) is 30.3. The van der Waals surface area contributed by atoms with Crippen LogP contribution in [0.1, 0.15) is 55.9 Å². The maximum absolute atomic E-state index is 12.4. The van der Waals surface area contributed by atoms with Crippen molar-refractivity contribution in [1.82, 2.24) is 29.5 Å². The number of aryl methyl sites for hydroxylation is 3. The molecule has 0 bridgehead atoms. The smallest absolute Gasteiger partial charge is 0.410 e. The summed E-state index contributed by atoms with van der Waals surface area (Å²) in [5.74, 6) is 1.87. The first-order chi connectivity index (χ1) is 20.5. The number of hydrogen-bond donors (Lipinski definition) is 2. The fraction of sp³-hybridized carbons (Fsp3) is 0.455. The fourth-order valence-electron chi connectivity index (χ4n) is 6.11. The summed E-state index contributed by atoms with van der Waals surface area (Å²) in [5.41, 5.74) is 7.36. The van der Waals surface area contributed by atoms with Crippen molar-refractivity contribution in [2.75, 3.05) is 30.3 Å². The second-order valence-corrected chi connectivity index (χ2v) is 13.0. The Balaban J connectivity index is 1.07. The highest BCUT2D eigenvalue weighted by Gasteiger charge is 2.29. The first-order valence-corrected chi connectivity index (χ1v) is 15.1. The summed E-state index contributed by atoms with van der Waals surface area (Å²) in [6.07, 6.45) is 3.65. The monoisotopic (exact) mass is 582 g/mol. The van der Waals surface area contributed by atoms with Crippen LogP contribution in [-0.4, -0.2) is 60.9 Å². The molecule has 0 radical (unpaired) electrons. The number of ether oxygens (including phenoxy) is 1. The Morgan fingerprint density at radius 3 is 2.47 bits per heavy atom. The van der Waals surface area contributed by atoms with E-state index in [1.54, 1.807) is 4.68 Å². The Bertz CT molecular complexity index is 1630. The number of para-hydroxylation sites is 1. The number of hydrogen-bond acceptors (Lipinski definition) is 8. The predicted octanol–water partition coefficient (Wildman–Crippen LogP) is 6.43. The quantitative estimate of drug-likeness (QED) is 0.268. The SMILES string of the molecule is Cc1cccc(C)c1Nc1nn(C)c2nc(Nc3ccc4c(c3)CN(CC3CCN(C(=O)OC(C)(C)C)CC3)C4)ncc12. The zero-order valence-corrected chi connectivity index (χ0v) is 26.1. The number of nitrogens with zero attached hydrogens (tertiary/aromatic N) is 6. The lowest BCUT2D eigenvalue weighted by Gasteiger charge is -2.34. The number of rotatable bonds is 6. The Kier molecular flexibility index (Phi) is 7.72. The summed E-state index contributed by atoms with van der Waals surface area (Å²) in [6, 6.07) is 12.8. The van der Waals surface area contributed by atoms with Gasteiger partial charge in [0.15, 0.2) is 11.5 Å². The molecule has 6 rings (SSSR count). The van der Waals surface area contributed by atoms with Crippen molar-refractivity contribution in [3.63, 3.8) is 0 Å². The van der Waals surface area contributed by atoms with Crippen molar-refractivity contribution in [3.8, 4) is 0 Å². The lowest BCUT2D eigenvalue weighted by molar-refractivity contribution is 0.0169. The van der Waals surface area contributed by atoms with Crippen LogP contribution >= 0.6 is 0 Å². The minimum absolute atomic E-state index is 0.194. The second-order valence-electron chi connectivity index (χ2n) is 13.0. The second kappa shape index (κ2) is 11.5. The number of carbonyl (C=O) groups is 1. The van der Waals surface area contributed by atoms with Crippen molar-refractivity contribution in [3.05, 3.63) is 64.8 Å². The third-order valence-corrected chi connectivity index (χ3v) is 8.34. The van der Waals surface area contributed by atoms with E-state index in [0.717, 1.165) is 84.9 Å². The normalized spacial score (nSPS) is 16.0. The Morgan fingerprint density at radius 2 is 1.74 bits per heavy atom. The van der Waals surface area contributed by atoms with Crippen LogP contribution < -0.4 is 10.6 Å². The molecule has 2 aliphatic heterocycles. The number of fused-ring (bicyclic) bond motifs is 2. The van der Waals surface area contributed by atoms with Gasteiger partial charge in [-0.1, -0.05) is 24.3 Å². The van der Waals surface area contributed by atoms with Crippen LogP contribution in [-0.2, 0) is 24.9 Å². The molecule has 0 saturated carbocycles. The molecule has 10 nitrogen and oxygen atoms in total. The van der Waals surface area contributed by atoms with Crippen LogP contribution in [0.5, 0.6) is 0 Å². The van der Waals surface area contributed by atoms with E-state index in [1.807, 2.05) is 38.9 Å². The van der Waals surface area contributed by atoms with Gasteiger partial charge >= 0.3 is 6.09 Å². The highest BCUT2D eigenvalue weighted by atomic mass is 16.6. The molecule has 0 aliphatic carbocycles. The van der Waals surface area contributed by atoms with E-state index in [1.165, 1.54) is 11.1 Å². The zero-order valence-electron chi connectivity index (χ0n) is 26.1. The van der Waals surface area contributed by atoms with Crippen molar-refractivity contribution < 1.29 is 9.53 Å². The number of carbonyl (C=O) groups excluding carboxylic acids is 1. The summed E-state index contributed by atoms with van der Waals surface area (Å²) in [6.45, 7) is 14.4. The molecular formula is C33H42N8O2. The predicted molar refractivity (Wildman–Crippen MR) is 170 cm³/mol. The molecule has 4 heterocycles. The van der Waals surface area contributed by atoms with Gasteiger partial charge in [-0.15, -0.1) is 0 Å². The third kappa shape index (κ3) is 6.44. The Hall–Kier alpha value is -4.18. The van der Waals surface area contributed by atoms with E-state index in [9.17, 15) is 4.79 Å². The number of nitrogens with one attached hydrogen (secondary N) is 2. The molecular weight excluding hydrogens is 540 g/mol. The standard InChI is InChI=1S/C33H42N8O2/c1-21-8-7-9-22(2)28(21)36-29-27-17-34-31(37-30(27)39(6)38-29)35-26-11-10-24-19-40(20-25(24)16-26)18-23-12-14-41(15-13-23)32(42)43-33(3,4)5/h7-11,16-17,23H,12-15,18-20H2,1-6H3,(H,36,38)(H,34,35,37). The Morgan fingerprint density at radius 1 is 1.02 bits per heavy atom. The largest absolute Gasteiger partial charge is 0.444 e. The number of amides is 1. The minimum Gasteiger partial charge on any atom is -0.444 e. The average Bonchev–Trinajstić information content (AvgIpc) is 3.49. The van der Waals surface area contributed by atoms with Crippen LogP contribution in [0, 0.1) is 19.8 Å². The van der Waals surface area contributed by atoms with Crippen molar-refractivity contribution in [2.45, 2.75) is 66.2 Å². The molecule has 0 unspecified atom stereocenters. The van der Waals surface area contributed by atoms with Crippen molar-refractivity contribution >= 4 is 40.3 Å². The molecule has 1 fully saturated rings. The lowest BCUT2D eigenvalue weighted by Crippen LogP contribution is -2.43. The summed E-state index contributed by atoms with van der Waals surface area (Å²) < 4.78 is 7.34. The van der Waals surface area contributed by atoms with Gasteiger partial charge in [0, 0.05) is 57.3 Å². The lowest BCUT2D eigenvalue weighted by atomic mass is 9.96. The van der Waals surface area contributed by atoms with Gasteiger partial charge in [-0.25, -0.2) is 14.5 Å². The highest BCUT2D eigenvalue weighted by Crippen LogP contribution is 2.31. The van der Waals surface area contributed by atoms with Crippen molar-refractivity contribution in [2.24, 2.45) is 13.0 Å². The molecule has 2 aromatic heterocycles. The van der Waals surface area contributed by atoms with Gasteiger partial charge in [0.25, 0.3) is 0 Å². The van der Waals surface area contributed by atoms with E-state index in [2.05, 4.69) is 75.9 Å². The van der Waals surface area contributed by atoms with Gasteiger partial charge < -0.3 is 20.3 Å². The number of piperidine rings is 1. The summed E-state index contributed by atoms with van der Waals surface area (Å²) >= 11 is 0. The highest BCUT2D eigenvalue weighted by molar-refractivity contribution is 5.90. The van der Waals surface area contributed by atoms with E-state index in [4.69, 9.17) is 9.72 Å². The molecule has 10 heteroatoms. The summed E-state index contributed by atoms with van der Waals surface area (Å²) in [4.78, 5) is 26.2. The van der Waals surface area contributed by atoms with Crippen molar-refractivity contribution in [1.29, 1.82) is 0 Å². The molecule has 1 saturated heterocycles. The molecule has 2 aliphatic rings. The Labute approximate surface area is 253 Å². The molecule has 1 amide bonds. The molecule has 226 valence electrons. The van der Waals surface area contributed by atoms with Gasteiger partial charge in [0.05, 0.1) is 5.39 Å². The fourth-order valence-corrected chi connectivity index (χ4v) is 6.11. The molecule has 0 atom stereocenters. The maximum atomic E-state index is 12.4. The van der Waals surface area contributed by atoms with Gasteiger partial charge in [0.1, 0.15) is 5.60 Å². The molecule has 4 aromatic rings. The molecule has 2 N–H and O–H groups in total. The number of anilines is 4. The minimum atomic E-state index is -0.456. The molecule has 2 aromatic carbocycles. The number of benzene rings is 2. The topological polar surface area (TPSA) is 100 Å². The van der Waals surface area contributed by atoms with Gasteiger partial charge in [0.2, 0.25) is 5.95 Å². The number of likely N-dealkylation sites (tertiary alicyclic amines) is 1. The van der Waals surface area contributed by atoms with Crippen LogP contribution in [0.25, 0.3) is 11.0 Å². The third-order valence-electron chi connectivity index (χ3n) is 8.34. The van der Waals surface area contributed by atoms with Crippen LogP contribution in [0.2, 0.25) is 0 Å². The van der Waals surface area contributed by atoms with E-state index in [0.29, 0.717) is 11.9 Å². The van der Waals surface area contributed by atoms with Gasteiger partial charge in [-0.2, -0.15) is 10.1 Å². The number of aromatic nitrogens is 4. The van der Waals surface area contributed by atoms with Crippen LogP contribution in [0.4, 0.5) is 27.9 Å². The molecule has 43 heavy (non-hydrogen) atoms. The van der Waals surface area contributed by atoms with Gasteiger partial charge in [-0.05, 0) is 87.8 Å². The van der Waals surface area contributed by atoms with Gasteiger partial charge in [-0.3, -0.25) is 4.90 Å². The van der Waals surface area contributed by atoms with Crippen LogP contribution in [0.15, 0.2) is 42.6 Å². The average molecular weight is 583 g/mol. The maximum Gasteiger partial charge on any atom is 0.410 e. The first-order valence-electron chi connectivity index (χ1n) is 15.1. The van der Waals surface area contributed by atoms with E-state index >= 15 is 0 Å².